The zero-order valence-corrected chi connectivity index (χ0v) is 39.7. The van der Waals surface area contributed by atoms with Crippen molar-refractivity contribution in [3.63, 3.8) is 0 Å². The third-order valence-corrected chi connectivity index (χ3v) is 13.6. The van der Waals surface area contributed by atoms with Crippen LogP contribution >= 0.6 is 0 Å². The fourth-order valence-electron chi connectivity index (χ4n) is 10.2. The quantitative estimate of drug-likeness (QED) is 0.149. The molecule has 0 spiro atoms. The molecule has 2 aliphatic rings. The smallest absolute Gasteiger partial charge is 0.160 e. The molecule has 2 aliphatic heterocycles. The van der Waals surface area contributed by atoms with Crippen molar-refractivity contribution in [1.29, 1.82) is 0 Å². The second kappa shape index (κ2) is 17.9. The first-order chi connectivity index (χ1) is 36.7. The van der Waals surface area contributed by atoms with Crippen LogP contribution in [0.1, 0.15) is 0 Å². The molecule has 10 aromatic carbocycles. The van der Waals surface area contributed by atoms with Gasteiger partial charge < -0.3 is 19.3 Å². The number of hydrogen-bond donors (Lipinski definition) is 0. The van der Waals surface area contributed by atoms with Crippen molar-refractivity contribution in [2.45, 2.75) is 0 Å². The van der Waals surface area contributed by atoms with Gasteiger partial charge in [0.25, 0.3) is 0 Å². The summed E-state index contributed by atoms with van der Waals surface area (Å²) in [6, 6.07) is 87.2. The standard InChI is InChI=1S/C66H42N6O2/c1-5-21-43(22-6-1)51-41-52(44-23-7-2-8-24-44)68-65(67-51)47-37-49-50(59(39-47)71-55-29-13-17-33-61(55)73-62-34-18-14-30-56(62)71)38-48(40-60(49)72-57-31-15-19-35-63(57)74-64-36-20-16-32-58(64)72)66-69-53(45-25-9-3-10-26-45)42-54(70-66)46-27-11-4-12-28-46/h1-42H. The zero-order valence-electron chi connectivity index (χ0n) is 39.7. The molecule has 0 amide bonds. The first-order valence-corrected chi connectivity index (χ1v) is 24.6. The summed E-state index contributed by atoms with van der Waals surface area (Å²) in [6.07, 6.45) is 0. The van der Waals surface area contributed by atoms with Gasteiger partial charge in [-0.1, -0.05) is 170 Å². The summed E-state index contributed by atoms with van der Waals surface area (Å²) in [5.41, 5.74) is 14.2. The van der Waals surface area contributed by atoms with Gasteiger partial charge in [0.2, 0.25) is 0 Å². The Kier molecular flexibility index (Phi) is 10.3. The number of benzene rings is 10. The number of rotatable bonds is 8. The Morgan fingerprint density at radius 2 is 0.486 bits per heavy atom. The Morgan fingerprint density at radius 3 is 0.770 bits per heavy atom. The van der Waals surface area contributed by atoms with E-state index in [-0.39, 0.29) is 0 Å². The molecular formula is C66H42N6O2. The number of anilines is 6. The van der Waals surface area contributed by atoms with Crippen LogP contribution in [0.15, 0.2) is 255 Å². The number of fused-ring (bicyclic) bond motifs is 5. The molecular weight excluding hydrogens is 909 g/mol. The highest BCUT2D eigenvalue weighted by atomic mass is 16.5. The topological polar surface area (TPSA) is 76.5 Å². The third kappa shape index (κ3) is 7.57. The molecule has 0 atom stereocenters. The van der Waals surface area contributed by atoms with E-state index in [1.165, 1.54) is 0 Å². The lowest BCUT2D eigenvalue weighted by Gasteiger charge is -2.36. The Labute approximate surface area is 427 Å². The Morgan fingerprint density at radius 1 is 0.230 bits per heavy atom. The molecule has 8 heteroatoms. The molecule has 0 radical (unpaired) electrons. The maximum Gasteiger partial charge on any atom is 0.160 e. The third-order valence-electron chi connectivity index (χ3n) is 13.6. The second-order valence-electron chi connectivity index (χ2n) is 18.2. The van der Waals surface area contributed by atoms with E-state index in [0.29, 0.717) is 11.6 Å². The van der Waals surface area contributed by atoms with Crippen LogP contribution in [0.4, 0.5) is 34.1 Å². The van der Waals surface area contributed by atoms with Crippen molar-refractivity contribution in [3.8, 4) is 90.8 Å². The number of para-hydroxylation sites is 8. The van der Waals surface area contributed by atoms with Gasteiger partial charge in [0.15, 0.2) is 34.6 Å². The normalized spacial score (nSPS) is 12.2. The van der Waals surface area contributed by atoms with Gasteiger partial charge in [0, 0.05) is 44.2 Å². The van der Waals surface area contributed by atoms with Crippen LogP contribution in [-0.2, 0) is 0 Å². The monoisotopic (exact) mass is 950 g/mol. The van der Waals surface area contributed by atoms with Crippen molar-refractivity contribution >= 4 is 44.9 Å². The van der Waals surface area contributed by atoms with Crippen LogP contribution in [0.5, 0.6) is 23.0 Å². The minimum atomic E-state index is 0.576. The maximum absolute atomic E-state index is 6.68. The molecule has 0 fully saturated rings. The molecule has 0 saturated carbocycles. The molecule has 4 heterocycles. The van der Waals surface area contributed by atoms with E-state index >= 15 is 0 Å². The largest absolute Gasteiger partial charge is 0.453 e. The summed E-state index contributed by atoms with van der Waals surface area (Å²) in [7, 11) is 0. The average Bonchev–Trinajstić information content (AvgIpc) is 3.48. The second-order valence-corrected chi connectivity index (χ2v) is 18.2. The Balaban J connectivity index is 1.13. The predicted molar refractivity (Wildman–Crippen MR) is 297 cm³/mol. The average molecular weight is 951 g/mol. The van der Waals surface area contributed by atoms with E-state index in [1.807, 2.05) is 121 Å². The van der Waals surface area contributed by atoms with Crippen molar-refractivity contribution in [3.05, 3.63) is 255 Å². The zero-order chi connectivity index (χ0) is 49.0. The van der Waals surface area contributed by atoms with Crippen molar-refractivity contribution in [2.24, 2.45) is 0 Å². The highest BCUT2D eigenvalue weighted by Crippen LogP contribution is 2.56. The SMILES string of the molecule is c1ccc(-c2cc(-c3ccccc3)nc(-c3cc(N4c5ccccc5Oc5ccccc54)c4cc(-c5nc(-c6ccccc6)cc(-c6ccccc6)n5)cc(N5c6ccccc6Oc6ccccc65)c4c3)n2)cc1. The predicted octanol–water partition coefficient (Wildman–Crippen LogP) is 17.6. The van der Waals surface area contributed by atoms with Crippen LogP contribution < -0.4 is 19.3 Å². The molecule has 74 heavy (non-hydrogen) atoms. The van der Waals surface area contributed by atoms with Gasteiger partial charge in [-0.05, 0) is 84.9 Å². The van der Waals surface area contributed by atoms with Gasteiger partial charge in [-0.3, -0.25) is 0 Å². The van der Waals surface area contributed by atoms with Crippen molar-refractivity contribution < 1.29 is 9.47 Å². The van der Waals surface area contributed by atoms with Crippen LogP contribution in [0.2, 0.25) is 0 Å². The lowest BCUT2D eigenvalue weighted by atomic mass is 9.96. The number of hydrogen-bond acceptors (Lipinski definition) is 8. The van der Waals surface area contributed by atoms with Gasteiger partial charge >= 0.3 is 0 Å². The van der Waals surface area contributed by atoms with E-state index in [2.05, 4.69) is 143 Å². The number of nitrogens with zero attached hydrogens (tertiary/aromatic N) is 6. The van der Waals surface area contributed by atoms with Gasteiger partial charge in [-0.25, -0.2) is 19.9 Å². The summed E-state index contributed by atoms with van der Waals surface area (Å²) >= 11 is 0. The first kappa shape index (κ1) is 42.7. The molecule has 14 rings (SSSR count). The fourth-order valence-corrected chi connectivity index (χ4v) is 10.2. The minimum Gasteiger partial charge on any atom is -0.453 e. The molecule has 8 nitrogen and oxygen atoms in total. The lowest BCUT2D eigenvalue weighted by molar-refractivity contribution is 0.477. The highest BCUT2D eigenvalue weighted by molar-refractivity contribution is 6.12. The summed E-state index contributed by atoms with van der Waals surface area (Å²) in [4.78, 5) is 26.3. The molecule has 0 saturated heterocycles. The molecule has 0 bridgehead atoms. The summed E-state index contributed by atoms with van der Waals surface area (Å²) in [5.74, 6) is 4.09. The summed E-state index contributed by atoms with van der Waals surface area (Å²) in [6.45, 7) is 0. The van der Waals surface area contributed by atoms with Gasteiger partial charge in [0.1, 0.15) is 0 Å². The Bertz CT molecular complexity index is 3620. The molecule has 2 aromatic heterocycles. The van der Waals surface area contributed by atoms with Crippen molar-refractivity contribution in [2.75, 3.05) is 9.80 Å². The lowest BCUT2D eigenvalue weighted by Crippen LogP contribution is -2.18. The van der Waals surface area contributed by atoms with E-state index in [4.69, 9.17) is 29.4 Å². The van der Waals surface area contributed by atoms with E-state index in [1.54, 1.807) is 0 Å². The fraction of sp³-hybridized carbons (Fsp3) is 0. The summed E-state index contributed by atoms with van der Waals surface area (Å²) in [5, 5.41) is 1.87. The van der Waals surface area contributed by atoms with E-state index in [9.17, 15) is 0 Å². The minimum absolute atomic E-state index is 0.576. The van der Waals surface area contributed by atoms with Crippen LogP contribution in [0, 0.1) is 0 Å². The van der Waals surface area contributed by atoms with Crippen LogP contribution in [0.25, 0.3) is 78.6 Å². The number of ether oxygens (including phenoxy) is 2. The highest BCUT2D eigenvalue weighted by Gasteiger charge is 2.32. The van der Waals surface area contributed by atoms with Gasteiger partial charge in [0.05, 0.1) is 56.9 Å². The molecule has 0 N–H and O–H groups in total. The Hall–Kier alpha value is -10.2. The van der Waals surface area contributed by atoms with Crippen molar-refractivity contribution in [1.82, 2.24) is 19.9 Å². The van der Waals surface area contributed by atoms with Crippen LogP contribution in [-0.4, -0.2) is 19.9 Å². The first-order valence-electron chi connectivity index (χ1n) is 24.6. The van der Waals surface area contributed by atoms with Gasteiger partial charge in [-0.15, -0.1) is 0 Å². The maximum atomic E-state index is 6.68. The molecule has 348 valence electrons. The van der Waals surface area contributed by atoms with Gasteiger partial charge in [-0.2, -0.15) is 0 Å². The summed E-state index contributed by atoms with van der Waals surface area (Å²) < 4.78 is 13.4. The molecule has 0 unspecified atom stereocenters. The number of aromatic nitrogens is 4. The van der Waals surface area contributed by atoms with E-state index in [0.717, 1.165) is 124 Å². The molecule has 12 aromatic rings. The van der Waals surface area contributed by atoms with Crippen LogP contribution in [0.3, 0.4) is 0 Å². The van der Waals surface area contributed by atoms with E-state index < -0.39 is 0 Å². The molecule has 0 aliphatic carbocycles.